The maximum Gasteiger partial charge on any atom is 0.121 e. The van der Waals surface area contributed by atoms with Crippen LogP contribution in [-0.2, 0) is 16.7 Å². The fourth-order valence-corrected chi connectivity index (χ4v) is 4.23. The van der Waals surface area contributed by atoms with E-state index in [9.17, 15) is 0 Å². The smallest absolute Gasteiger partial charge is 0.121 e. The zero-order valence-electron chi connectivity index (χ0n) is 17.9. The van der Waals surface area contributed by atoms with E-state index in [0.717, 1.165) is 5.69 Å². The minimum atomic E-state index is -0.543. The molecule has 0 saturated carbocycles. The summed E-state index contributed by atoms with van der Waals surface area (Å²) in [6.07, 6.45) is 4.72. The molecule has 0 saturated heterocycles. The molecule has 1 aromatic heterocycles. The third-order valence-electron chi connectivity index (χ3n) is 5.61. The van der Waals surface area contributed by atoms with Crippen LogP contribution in [0.4, 0.5) is 0 Å². The van der Waals surface area contributed by atoms with Crippen LogP contribution < -0.4 is 5.73 Å². The van der Waals surface area contributed by atoms with Gasteiger partial charge in [-0.15, -0.1) is 0 Å². The van der Waals surface area contributed by atoms with Gasteiger partial charge >= 0.3 is 0 Å². The highest BCUT2D eigenvalue weighted by molar-refractivity contribution is 5.50. The topological polar surface area (TPSA) is 53.1 Å². The normalized spacial score (nSPS) is 12.6. The number of nitrogens with two attached hydrogens (primary N) is 1. The minimum Gasteiger partial charge on any atom is -0.380 e. The van der Waals surface area contributed by atoms with Crippen LogP contribution in [0, 0.1) is 0 Å². The van der Waals surface area contributed by atoms with Gasteiger partial charge in [-0.25, -0.2) is 4.98 Å². The Hall–Kier alpha value is -3.21. The Morgan fingerprint density at radius 2 is 1.32 bits per heavy atom. The van der Waals surface area contributed by atoms with Gasteiger partial charge in [-0.2, -0.15) is 0 Å². The summed E-state index contributed by atoms with van der Waals surface area (Å²) in [5.74, 6) is 0. The molecule has 0 aliphatic heterocycles. The summed E-state index contributed by atoms with van der Waals surface area (Å²) in [5.41, 5.74) is 10.2. The highest BCUT2D eigenvalue weighted by Gasteiger charge is 2.38. The summed E-state index contributed by atoms with van der Waals surface area (Å²) in [7, 11) is 0. The first-order valence-corrected chi connectivity index (χ1v) is 10.8. The zero-order chi connectivity index (χ0) is 21.5. The number of benzene rings is 3. The average molecular weight is 412 g/mol. The van der Waals surface area contributed by atoms with Crippen molar-refractivity contribution in [3.63, 3.8) is 0 Å². The predicted molar refractivity (Wildman–Crippen MR) is 125 cm³/mol. The first-order valence-electron chi connectivity index (χ1n) is 10.8. The molecular weight excluding hydrogens is 382 g/mol. The molecule has 0 aliphatic rings. The second-order valence-corrected chi connectivity index (χ2v) is 7.70. The fourth-order valence-electron chi connectivity index (χ4n) is 4.23. The molecule has 0 fully saturated rings. The standard InChI is InChI=1S/C27H29N3O/c1-2-31-20-25(28)18-26-19-30(21-29-26)27(22-12-6-3-7-13-22,23-14-8-4-9-15-23)24-16-10-5-11-17-24/h3-17,19,21,25H,2,18,20,28H2,1H3/t25-/m0/s1. The van der Waals surface area contributed by atoms with E-state index in [1.807, 2.05) is 13.3 Å². The first kappa shape index (κ1) is 21.0. The fraction of sp³-hybridized carbons (Fsp3) is 0.222. The molecule has 1 heterocycles. The highest BCUT2D eigenvalue weighted by Crippen LogP contribution is 2.40. The lowest BCUT2D eigenvalue weighted by Gasteiger charge is -2.37. The van der Waals surface area contributed by atoms with Crippen molar-refractivity contribution in [2.24, 2.45) is 5.73 Å². The van der Waals surface area contributed by atoms with Crippen LogP contribution in [0.1, 0.15) is 29.3 Å². The Labute approximate surface area is 184 Å². The van der Waals surface area contributed by atoms with Gasteiger partial charge in [-0.1, -0.05) is 91.0 Å². The monoisotopic (exact) mass is 411 g/mol. The maximum atomic E-state index is 6.27. The van der Waals surface area contributed by atoms with Crippen molar-refractivity contribution in [3.05, 3.63) is 126 Å². The second-order valence-electron chi connectivity index (χ2n) is 7.70. The molecule has 4 heteroatoms. The van der Waals surface area contributed by atoms with Crippen LogP contribution in [-0.4, -0.2) is 28.8 Å². The predicted octanol–water partition coefficient (Wildman–Crippen LogP) is 4.63. The summed E-state index contributed by atoms with van der Waals surface area (Å²) in [6, 6.07) is 31.7. The largest absolute Gasteiger partial charge is 0.380 e. The van der Waals surface area contributed by atoms with E-state index in [4.69, 9.17) is 15.5 Å². The molecule has 2 N–H and O–H groups in total. The average Bonchev–Trinajstić information content (AvgIpc) is 3.29. The second kappa shape index (κ2) is 9.73. The van der Waals surface area contributed by atoms with E-state index in [1.54, 1.807) is 0 Å². The summed E-state index contributed by atoms with van der Waals surface area (Å²) >= 11 is 0. The Kier molecular flexibility index (Phi) is 6.60. The summed E-state index contributed by atoms with van der Waals surface area (Å²) in [4.78, 5) is 4.73. The van der Waals surface area contributed by atoms with Crippen molar-refractivity contribution >= 4 is 0 Å². The number of hydrogen-bond acceptors (Lipinski definition) is 3. The Bertz CT molecular complexity index is 965. The van der Waals surface area contributed by atoms with Crippen LogP contribution in [0.15, 0.2) is 104 Å². The number of nitrogens with zero attached hydrogens (tertiary/aromatic N) is 2. The quantitative estimate of drug-likeness (QED) is 0.409. The van der Waals surface area contributed by atoms with Crippen LogP contribution in [0.3, 0.4) is 0 Å². The van der Waals surface area contributed by atoms with E-state index in [0.29, 0.717) is 19.6 Å². The van der Waals surface area contributed by atoms with Crippen LogP contribution in [0.2, 0.25) is 0 Å². The number of aromatic nitrogens is 2. The van der Waals surface area contributed by atoms with Crippen molar-refractivity contribution in [1.29, 1.82) is 0 Å². The lowest BCUT2D eigenvalue weighted by Crippen LogP contribution is -2.37. The number of ether oxygens (including phenoxy) is 1. The van der Waals surface area contributed by atoms with Gasteiger partial charge in [-0.3, -0.25) is 0 Å². The van der Waals surface area contributed by atoms with Gasteiger partial charge in [0.2, 0.25) is 0 Å². The lowest BCUT2D eigenvalue weighted by molar-refractivity contribution is 0.133. The maximum absolute atomic E-state index is 6.27. The Morgan fingerprint density at radius 3 is 1.77 bits per heavy atom. The molecule has 0 amide bonds. The molecule has 3 aromatic carbocycles. The summed E-state index contributed by atoms with van der Waals surface area (Å²) < 4.78 is 7.71. The first-order chi connectivity index (χ1) is 15.2. The molecule has 1 atom stereocenters. The van der Waals surface area contributed by atoms with Crippen LogP contribution in [0.25, 0.3) is 0 Å². The number of hydrogen-bond donors (Lipinski definition) is 1. The molecule has 31 heavy (non-hydrogen) atoms. The molecule has 4 aromatic rings. The lowest BCUT2D eigenvalue weighted by atomic mass is 9.77. The Balaban J connectivity index is 1.88. The van der Waals surface area contributed by atoms with E-state index >= 15 is 0 Å². The van der Waals surface area contributed by atoms with Crippen molar-refractivity contribution in [2.45, 2.75) is 24.9 Å². The van der Waals surface area contributed by atoms with E-state index in [2.05, 4.69) is 102 Å². The molecule has 0 spiro atoms. The molecule has 0 radical (unpaired) electrons. The third-order valence-corrected chi connectivity index (χ3v) is 5.61. The van der Waals surface area contributed by atoms with Crippen LogP contribution in [0.5, 0.6) is 0 Å². The van der Waals surface area contributed by atoms with Gasteiger partial charge in [0.25, 0.3) is 0 Å². The molecule has 0 bridgehead atoms. The summed E-state index contributed by atoms with van der Waals surface area (Å²) in [6.45, 7) is 3.18. The van der Waals surface area contributed by atoms with Crippen molar-refractivity contribution < 1.29 is 4.74 Å². The van der Waals surface area contributed by atoms with Gasteiger partial charge < -0.3 is 15.0 Å². The third kappa shape index (κ3) is 4.31. The molecule has 0 aliphatic carbocycles. The van der Waals surface area contributed by atoms with E-state index in [1.165, 1.54) is 16.7 Å². The Morgan fingerprint density at radius 1 is 0.839 bits per heavy atom. The highest BCUT2D eigenvalue weighted by atomic mass is 16.5. The molecule has 0 unspecified atom stereocenters. The molecule has 4 nitrogen and oxygen atoms in total. The van der Waals surface area contributed by atoms with Crippen LogP contribution >= 0.6 is 0 Å². The number of rotatable bonds is 9. The van der Waals surface area contributed by atoms with Crippen molar-refractivity contribution in [2.75, 3.05) is 13.2 Å². The van der Waals surface area contributed by atoms with Gasteiger partial charge in [0.05, 0.1) is 18.6 Å². The van der Waals surface area contributed by atoms with E-state index in [-0.39, 0.29) is 6.04 Å². The molecule has 158 valence electrons. The molecular formula is C27H29N3O. The van der Waals surface area contributed by atoms with Gasteiger partial charge in [0.15, 0.2) is 0 Å². The van der Waals surface area contributed by atoms with Gasteiger partial charge in [-0.05, 0) is 23.6 Å². The van der Waals surface area contributed by atoms with Crippen molar-refractivity contribution in [1.82, 2.24) is 9.55 Å². The number of imidazole rings is 1. The minimum absolute atomic E-state index is 0.0807. The SMILES string of the molecule is CCOC[C@@H](N)Cc1cn(C(c2ccccc2)(c2ccccc2)c2ccccc2)cn1. The molecule has 4 rings (SSSR count). The zero-order valence-corrected chi connectivity index (χ0v) is 17.9. The van der Waals surface area contributed by atoms with Gasteiger partial charge in [0, 0.05) is 25.3 Å². The van der Waals surface area contributed by atoms with Gasteiger partial charge in [0.1, 0.15) is 5.54 Å². The van der Waals surface area contributed by atoms with E-state index < -0.39 is 5.54 Å². The van der Waals surface area contributed by atoms with Crippen molar-refractivity contribution in [3.8, 4) is 0 Å². The summed E-state index contributed by atoms with van der Waals surface area (Å²) in [5, 5.41) is 0.